The van der Waals surface area contributed by atoms with Crippen LogP contribution >= 0.6 is 0 Å². The van der Waals surface area contributed by atoms with Gasteiger partial charge in [0.25, 0.3) is 0 Å². The number of carbonyl (C=O) groups is 1. The molecule has 0 heterocycles. The molecule has 1 aromatic rings. The third kappa shape index (κ3) is 3.41. The highest BCUT2D eigenvalue weighted by atomic mass is 16.5. The standard InChI is InChI=1S/C21H29NO3/c1-14-4-2-3-5-19(14)25-13-18(23)12-22-20(24)21-9-15-6-16(10-21)8-17(7-15)11-21/h2-5,15-18,23H,6-13H2,1H3,(H,22,24). The van der Waals surface area contributed by atoms with Gasteiger partial charge in [0.05, 0.1) is 0 Å². The Balaban J connectivity index is 1.28. The van der Waals surface area contributed by atoms with Crippen LogP contribution in [0.15, 0.2) is 24.3 Å². The molecule has 2 N–H and O–H groups in total. The van der Waals surface area contributed by atoms with Gasteiger partial charge >= 0.3 is 0 Å². The van der Waals surface area contributed by atoms with Crippen LogP contribution in [0.4, 0.5) is 0 Å². The lowest BCUT2D eigenvalue weighted by Crippen LogP contribution is -2.54. The summed E-state index contributed by atoms with van der Waals surface area (Å²) in [4.78, 5) is 12.9. The van der Waals surface area contributed by atoms with Crippen molar-refractivity contribution in [1.82, 2.24) is 5.32 Å². The lowest BCUT2D eigenvalue weighted by Gasteiger charge is -2.55. The Labute approximate surface area is 150 Å². The summed E-state index contributed by atoms with van der Waals surface area (Å²) in [6, 6.07) is 7.76. The maximum absolute atomic E-state index is 12.9. The Bertz CT molecular complexity index is 606. The first-order valence-corrected chi connectivity index (χ1v) is 9.69. The van der Waals surface area contributed by atoms with Crippen molar-refractivity contribution in [2.24, 2.45) is 23.2 Å². The molecule has 0 aliphatic heterocycles. The molecular formula is C21H29NO3. The molecule has 25 heavy (non-hydrogen) atoms. The second kappa shape index (κ2) is 6.64. The summed E-state index contributed by atoms with van der Waals surface area (Å²) in [5, 5.41) is 13.2. The van der Waals surface area contributed by atoms with Crippen molar-refractivity contribution >= 4 is 5.91 Å². The number of benzene rings is 1. The summed E-state index contributed by atoms with van der Waals surface area (Å²) in [5.74, 6) is 3.22. The number of rotatable bonds is 6. The molecule has 0 spiro atoms. The summed E-state index contributed by atoms with van der Waals surface area (Å²) < 4.78 is 5.68. The van der Waals surface area contributed by atoms with Gasteiger partial charge in [-0.1, -0.05) is 18.2 Å². The minimum atomic E-state index is -0.683. The van der Waals surface area contributed by atoms with Crippen molar-refractivity contribution in [2.75, 3.05) is 13.2 Å². The van der Waals surface area contributed by atoms with Crippen LogP contribution in [0.3, 0.4) is 0 Å². The number of aryl methyl sites for hydroxylation is 1. The first kappa shape index (κ1) is 16.9. The Morgan fingerprint density at radius 3 is 2.40 bits per heavy atom. The number of amides is 1. The lowest BCUT2D eigenvalue weighted by molar-refractivity contribution is -0.146. The average Bonchev–Trinajstić information content (AvgIpc) is 2.57. The molecule has 4 nitrogen and oxygen atoms in total. The summed E-state index contributed by atoms with van der Waals surface area (Å²) in [6.45, 7) is 2.45. The van der Waals surface area contributed by atoms with Gasteiger partial charge in [-0.05, 0) is 74.8 Å². The van der Waals surface area contributed by atoms with Crippen molar-refractivity contribution in [3.8, 4) is 5.75 Å². The zero-order chi connectivity index (χ0) is 17.4. The Kier molecular flexibility index (Phi) is 4.48. The molecule has 4 bridgehead atoms. The van der Waals surface area contributed by atoms with E-state index in [9.17, 15) is 9.90 Å². The summed E-state index contributed by atoms with van der Waals surface area (Å²) in [7, 11) is 0. The van der Waals surface area contributed by atoms with E-state index in [0.29, 0.717) is 0 Å². The predicted molar refractivity (Wildman–Crippen MR) is 96.3 cm³/mol. The van der Waals surface area contributed by atoms with Gasteiger partial charge in [-0.2, -0.15) is 0 Å². The first-order valence-electron chi connectivity index (χ1n) is 9.69. The third-order valence-corrected chi connectivity index (χ3v) is 6.54. The molecule has 0 radical (unpaired) electrons. The van der Waals surface area contributed by atoms with E-state index in [4.69, 9.17) is 4.74 Å². The maximum Gasteiger partial charge on any atom is 0.226 e. The monoisotopic (exact) mass is 343 g/mol. The van der Waals surface area contributed by atoms with Gasteiger partial charge in [0.2, 0.25) is 5.91 Å². The quantitative estimate of drug-likeness (QED) is 0.834. The van der Waals surface area contributed by atoms with Gasteiger partial charge in [-0.3, -0.25) is 4.79 Å². The van der Waals surface area contributed by atoms with E-state index in [-0.39, 0.29) is 24.5 Å². The Morgan fingerprint density at radius 1 is 1.20 bits per heavy atom. The topological polar surface area (TPSA) is 58.6 Å². The minimum Gasteiger partial charge on any atom is -0.491 e. The van der Waals surface area contributed by atoms with E-state index < -0.39 is 6.10 Å². The highest BCUT2D eigenvalue weighted by Gasteiger charge is 2.54. The van der Waals surface area contributed by atoms with Gasteiger partial charge in [0, 0.05) is 12.0 Å². The molecule has 1 unspecified atom stereocenters. The molecule has 4 aliphatic rings. The van der Waals surface area contributed by atoms with Crippen molar-refractivity contribution < 1.29 is 14.6 Å². The number of hydrogen-bond acceptors (Lipinski definition) is 3. The molecule has 4 saturated carbocycles. The highest BCUT2D eigenvalue weighted by molar-refractivity contribution is 5.83. The minimum absolute atomic E-state index is 0.147. The van der Waals surface area contributed by atoms with Crippen LogP contribution in [-0.2, 0) is 4.79 Å². The van der Waals surface area contributed by atoms with Crippen LogP contribution in [0.5, 0.6) is 5.75 Å². The van der Waals surface area contributed by atoms with Crippen molar-refractivity contribution in [1.29, 1.82) is 0 Å². The molecule has 1 aromatic carbocycles. The fraction of sp³-hybridized carbons (Fsp3) is 0.667. The maximum atomic E-state index is 12.9. The van der Waals surface area contributed by atoms with E-state index in [1.54, 1.807) is 0 Å². The van der Waals surface area contributed by atoms with E-state index in [2.05, 4.69) is 5.32 Å². The number of aliphatic hydroxyl groups is 1. The molecular weight excluding hydrogens is 314 g/mol. The number of ether oxygens (including phenoxy) is 1. The number of aliphatic hydroxyl groups excluding tert-OH is 1. The zero-order valence-electron chi connectivity index (χ0n) is 15.0. The van der Waals surface area contributed by atoms with Gasteiger partial charge in [0.1, 0.15) is 18.5 Å². The summed E-state index contributed by atoms with van der Waals surface area (Å²) in [5.41, 5.74) is 0.901. The normalized spacial score (nSPS) is 33.9. The number of para-hydroxylation sites is 1. The van der Waals surface area contributed by atoms with Crippen LogP contribution in [0.2, 0.25) is 0 Å². The van der Waals surface area contributed by atoms with Crippen LogP contribution in [0.25, 0.3) is 0 Å². The van der Waals surface area contributed by atoms with Crippen LogP contribution in [-0.4, -0.2) is 30.3 Å². The van der Waals surface area contributed by atoms with E-state index in [1.807, 2.05) is 31.2 Å². The van der Waals surface area contributed by atoms with Crippen LogP contribution in [0, 0.1) is 30.1 Å². The zero-order valence-corrected chi connectivity index (χ0v) is 15.0. The largest absolute Gasteiger partial charge is 0.491 e. The predicted octanol–water partition coefficient (Wildman–Crippen LogP) is 3.07. The molecule has 1 amide bonds. The molecule has 5 rings (SSSR count). The van der Waals surface area contributed by atoms with Crippen molar-refractivity contribution in [3.63, 3.8) is 0 Å². The van der Waals surface area contributed by atoms with Gasteiger partial charge < -0.3 is 15.2 Å². The molecule has 1 atom stereocenters. The van der Waals surface area contributed by atoms with Crippen molar-refractivity contribution in [3.05, 3.63) is 29.8 Å². The number of carbonyl (C=O) groups excluding carboxylic acids is 1. The molecule has 4 fully saturated rings. The van der Waals surface area contributed by atoms with E-state index >= 15 is 0 Å². The second-order valence-electron chi connectivity index (χ2n) is 8.64. The molecule has 0 aromatic heterocycles. The Hall–Kier alpha value is -1.55. The van der Waals surface area contributed by atoms with Gasteiger partial charge in [-0.15, -0.1) is 0 Å². The van der Waals surface area contributed by atoms with Crippen LogP contribution in [0.1, 0.15) is 44.1 Å². The van der Waals surface area contributed by atoms with Crippen LogP contribution < -0.4 is 10.1 Å². The molecule has 136 valence electrons. The van der Waals surface area contributed by atoms with Crippen molar-refractivity contribution in [2.45, 2.75) is 51.6 Å². The number of hydrogen-bond donors (Lipinski definition) is 2. The van der Waals surface area contributed by atoms with Gasteiger partial charge in [-0.25, -0.2) is 0 Å². The lowest BCUT2D eigenvalue weighted by atomic mass is 9.49. The summed E-state index contributed by atoms with van der Waals surface area (Å²) in [6.07, 6.45) is 6.48. The molecule has 4 aliphatic carbocycles. The second-order valence-corrected chi connectivity index (χ2v) is 8.64. The summed E-state index contributed by atoms with van der Waals surface area (Å²) >= 11 is 0. The fourth-order valence-electron chi connectivity index (χ4n) is 5.75. The SMILES string of the molecule is Cc1ccccc1OCC(O)CNC(=O)C12CC3CC(CC(C3)C1)C2. The van der Waals surface area contributed by atoms with E-state index in [0.717, 1.165) is 48.3 Å². The first-order chi connectivity index (χ1) is 12.0. The third-order valence-electron chi connectivity index (χ3n) is 6.54. The van der Waals surface area contributed by atoms with E-state index in [1.165, 1.54) is 19.3 Å². The highest BCUT2D eigenvalue weighted by Crippen LogP contribution is 2.60. The number of nitrogens with one attached hydrogen (secondary N) is 1. The Morgan fingerprint density at radius 2 is 1.80 bits per heavy atom. The average molecular weight is 343 g/mol. The van der Waals surface area contributed by atoms with Gasteiger partial charge in [0.15, 0.2) is 0 Å². The smallest absolute Gasteiger partial charge is 0.226 e. The molecule has 0 saturated heterocycles. The molecule has 4 heteroatoms. The fourth-order valence-corrected chi connectivity index (χ4v) is 5.75.